The van der Waals surface area contributed by atoms with Crippen molar-refractivity contribution in [3.63, 3.8) is 0 Å². The van der Waals surface area contributed by atoms with E-state index in [9.17, 15) is 0 Å². The molecule has 0 aliphatic heterocycles. The highest BCUT2D eigenvalue weighted by molar-refractivity contribution is 5.79. The predicted octanol–water partition coefficient (Wildman–Crippen LogP) is 3.04. The van der Waals surface area contributed by atoms with Crippen LogP contribution in [0.4, 0.5) is 5.69 Å². The zero-order chi connectivity index (χ0) is 18.4. The first kappa shape index (κ1) is 18.8. The Labute approximate surface area is 150 Å². The molecule has 0 spiro atoms. The number of anilines is 1. The largest absolute Gasteiger partial charge is 0.378 e. The van der Waals surface area contributed by atoms with Crippen molar-refractivity contribution in [2.24, 2.45) is 4.99 Å². The van der Waals surface area contributed by atoms with Gasteiger partial charge in [-0.05, 0) is 36.1 Å². The lowest BCUT2D eigenvalue weighted by Gasteiger charge is -2.16. The summed E-state index contributed by atoms with van der Waals surface area (Å²) in [7, 11) is 5.86. The van der Waals surface area contributed by atoms with Crippen LogP contribution in [0.25, 0.3) is 0 Å². The summed E-state index contributed by atoms with van der Waals surface area (Å²) in [5, 5.41) is 10.7. The molecule has 0 saturated heterocycles. The number of benzene rings is 1. The summed E-state index contributed by atoms with van der Waals surface area (Å²) in [4.78, 5) is 6.36. The Morgan fingerprint density at radius 3 is 2.48 bits per heavy atom. The molecular formula is C19H29N5O. The maximum atomic E-state index is 5.34. The second-order valence-electron chi connectivity index (χ2n) is 6.66. The lowest BCUT2D eigenvalue weighted by Crippen LogP contribution is -2.36. The van der Waals surface area contributed by atoms with Crippen molar-refractivity contribution in [3.05, 3.63) is 46.8 Å². The normalized spacial score (nSPS) is 11.7. The predicted molar refractivity (Wildman–Crippen MR) is 103 cm³/mol. The monoisotopic (exact) mass is 343 g/mol. The lowest BCUT2D eigenvalue weighted by atomic mass is 10.1. The third-order valence-corrected chi connectivity index (χ3v) is 4.11. The van der Waals surface area contributed by atoms with Crippen molar-refractivity contribution < 1.29 is 4.52 Å². The Balaban J connectivity index is 1.89. The molecule has 6 nitrogen and oxygen atoms in total. The smallest absolute Gasteiger partial charge is 0.191 e. The summed E-state index contributed by atoms with van der Waals surface area (Å²) < 4.78 is 5.34. The van der Waals surface area contributed by atoms with E-state index in [2.05, 4.69) is 64.7 Å². The number of nitrogens with zero attached hydrogens (tertiary/aromatic N) is 3. The summed E-state index contributed by atoms with van der Waals surface area (Å²) in [5.74, 6) is 1.90. The Morgan fingerprint density at radius 2 is 1.92 bits per heavy atom. The summed E-state index contributed by atoms with van der Waals surface area (Å²) in [6.45, 7) is 7.59. The molecule has 0 bridgehead atoms. The van der Waals surface area contributed by atoms with Gasteiger partial charge in [0, 0.05) is 39.4 Å². The fraction of sp³-hybridized carbons (Fsp3) is 0.474. The topological polar surface area (TPSA) is 65.7 Å². The molecule has 0 aliphatic rings. The van der Waals surface area contributed by atoms with Crippen molar-refractivity contribution >= 4 is 11.6 Å². The first-order valence-electron chi connectivity index (χ1n) is 8.57. The third kappa shape index (κ3) is 5.24. The van der Waals surface area contributed by atoms with Gasteiger partial charge in [0.05, 0.1) is 12.2 Å². The second kappa shape index (κ2) is 8.55. The zero-order valence-corrected chi connectivity index (χ0v) is 16.1. The molecule has 0 amide bonds. The molecule has 0 radical (unpaired) electrons. The van der Waals surface area contributed by atoms with Crippen molar-refractivity contribution in [1.82, 2.24) is 15.8 Å². The first-order chi connectivity index (χ1) is 11.9. The fourth-order valence-corrected chi connectivity index (χ4v) is 2.41. The van der Waals surface area contributed by atoms with Gasteiger partial charge < -0.3 is 20.1 Å². The molecular weight excluding hydrogens is 314 g/mol. The van der Waals surface area contributed by atoms with Crippen LogP contribution >= 0.6 is 0 Å². The van der Waals surface area contributed by atoms with Crippen LogP contribution in [0.3, 0.4) is 0 Å². The van der Waals surface area contributed by atoms with E-state index < -0.39 is 0 Å². The van der Waals surface area contributed by atoms with Gasteiger partial charge in [-0.25, -0.2) is 0 Å². The molecule has 1 aromatic heterocycles. The number of aromatic nitrogens is 1. The van der Waals surface area contributed by atoms with Crippen LogP contribution in [0.1, 0.15) is 42.3 Å². The molecule has 136 valence electrons. The Morgan fingerprint density at radius 1 is 1.20 bits per heavy atom. The molecule has 1 heterocycles. The van der Waals surface area contributed by atoms with Gasteiger partial charge in [-0.1, -0.05) is 25.1 Å². The minimum atomic E-state index is 0.364. The summed E-state index contributed by atoms with van der Waals surface area (Å²) in [6.07, 6.45) is 0. The van der Waals surface area contributed by atoms with E-state index in [1.165, 1.54) is 16.8 Å². The van der Waals surface area contributed by atoms with E-state index >= 15 is 0 Å². The van der Waals surface area contributed by atoms with Crippen LogP contribution in [-0.2, 0) is 13.1 Å². The minimum Gasteiger partial charge on any atom is -0.378 e. The van der Waals surface area contributed by atoms with Crippen molar-refractivity contribution in [2.45, 2.75) is 39.8 Å². The standard InChI is InChI=1S/C19H29N5O/c1-13(2)18-10-17(25-23-18)12-22-19(20-4)21-11-15-7-8-16(24(5)6)9-14(15)3/h7-10,13H,11-12H2,1-6H3,(H2,20,21,22). The molecule has 6 heteroatoms. The molecule has 25 heavy (non-hydrogen) atoms. The van der Waals surface area contributed by atoms with Crippen LogP contribution in [0.2, 0.25) is 0 Å². The van der Waals surface area contributed by atoms with Crippen molar-refractivity contribution in [2.75, 3.05) is 26.0 Å². The molecule has 2 aromatic rings. The molecule has 0 atom stereocenters. The summed E-state index contributed by atoms with van der Waals surface area (Å²) >= 11 is 0. The van der Waals surface area contributed by atoms with E-state index in [0.29, 0.717) is 19.0 Å². The van der Waals surface area contributed by atoms with E-state index in [4.69, 9.17) is 4.52 Å². The van der Waals surface area contributed by atoms with Crippen LogP contribution in [-0.4, -0.2) is 32.3 Å². The zero-order valence-electron chi connectivity index (χ0n) is 16.1. The average molecular weight is 343 g/mol. The Hall–Kier alpha value is -2.50. The number of nitrogens with one attached hydrogen (secondary N) is 2. The van der Waals surface area contributed by atoms with Gasteiger partial charge in [0.15, 0.2) is 11.7 Å². The highest BCUT2D eigenvalue weighted by atomic mass is 16.5. The molecule has 0 aliphatic carbocycles. The maximum absolute atomic E-state index is 5.34. The van der Waals surface area contributed by atoms with Crippen LogP contribution in [0, 0.1) is 6.92 Å². The molecule has 2 rings (SSSR count). The first-order valence-corrected chi connectivity index (χ1v) is 8.57. The van der Waals surface area contributed by atoms with E-state index in [0.717, 1.165) is 17.4 Å². The molecule has 0 saturated carbocycles. The van der Waals surface area contributed by atoms with Crippen LogP contribution in [0.15, 0.2) is 33.8 Å². The number of rotatable bonds is 6. The van der Waals surface area contributed by atoms with Crippen molar-refractivity contribution in [1.29, 1.82) is 0 Å². The van der Waals surface area contributed by atoms with Crippen molar-refractivity contribution in [3.8, 4) is 0 Å². The summed E-state index contributed by atoms with van der Waals surface area (Å²) in [6, 6.07) is 8.45. The Kier molecular flexibility index (Phi) is 6.44. The van der Waals surface area contributed by atoms with Gasteiger partial charge in [-0.2, -0.15) is 0 Å². The number of guanidine groups is 1. The highest BCUT2D eigenvalue weighted by Crippen LogP contribution is 2.17. The number of aliphatic imine (C=N–C) groups is 1. The van der Waals surface area contributed by atoms with Gasteiger partial charge in [-0.3, -0.25) is 4.99 Å². The van der Waals surface area contributed by atoms with Gasteiger partial charge in [0.25, 0.3) is 0 Å². The van der Waals surface area contributed by atoms with Gasteiger partial charge >= 0.3 is 0 Å². The van der Waals surface area contributed by atoms with Crippen LogP contribution in [0.5, 0.6) is 0 Å². The van der Waals surface area contributed by atoms with Crippen LogP contribution < -0.4 is 15.5 Å². The quantitative estimate of drug-likeness (QED) is 0.623. The molecule has 0 unspecified atom stereocenters. The second-order valence-corrected chi connectivity index (χ2v) is 6.66. The van der Waals surface area contributed by atoms with E-state index in [1.807, 2.05) is 20.2 Å². The molecule has 2 N–H and O–H groups in total. The summed E-state index contributed by atoms with van der Waals surface area (Å²) in [5.41, 5.74) is 4.67. The number of aryl methyl sites for hydroxylation is 1. The molecule has 1 aromatic carbocycles. The minimum absolute atomic E-state index is 0.364. The number of hydrogen-bond acceptors (Lipinski definition) is 4. The molecule has 0 fully saturated rings. The Bertz CT molecular complexity index is 718. The van der Waals surface area contributed by atoms with Gasteiger partial charge in [0.2, 0.25) is 0 Å². The third-order valence-electron chi connectivity index (χ3n) is 4.11. The van der Waals surface area contributed by atoms with Gasteiger partial charge in [0.1, 0.15) is 0 Å². The SMILES string of the molecule is CN=C(NCc1cc(C(C)C)no1)NCc1ccc(N(C)C)cc1C. The average Bonchev–Trinajstić information content (AvgIpc) is 3.05. The number of hydrogen-bond donors (Lipinski definition) is 2. The fourth-order valence-electron chi connectivity index (χ4n) is 2.41. The maximum Gasteiger partial charge on any atom is 0.191 e. The highest BCUT2D eigenvalue weighted by Gasteiger charge is 2.08. The lowest BCUT2D eigenvalue weighted by molar-refractivity contribution is 0.372. The van der Waals surface area contributed by atoms with E-state index in [-0.39, 0.29) is 0 Å². The van der Waals surface area contributed by atoms with Gasteiger partial charge in [-0.15, -0.1) is 0 Å². The van der Waals surface area contributed by atoms with E-state index in [1.54, 1.807) is 7.05 Å².